The van der Waals surface area contributed by atoms with Crippen LogP contribution in [0.25, 0.3) is 0 Å². The van der Waals surface area contributed by atoms with Gasteiger partial charge in [-0.15, -0.1) is 0 Å². The zero-order valence-electron chi connectivity index (χ0n) is 11.8. The molecule has 0 atom stereocenters. The predicted molar refractivity (Wildman–Crippen MR) is 82.0 cm³/mol. The van der Waals surface area contributed by atoms with Gasteiger partial charge in [0.1, 0.15) is 25.6 Å². The maximum atomic E-state index is 11.8. The summed E-state index contributed by atoms with van der Waals surface area (Å²) in [5, 5.41) is 0. The maximum absolute atomic E-state index is 11.8. The molecule has 0 fully saturated rings. The van der Waals surface area contributed by atoms with Crippen molar-refractivity contribution in [1.29, 1.82) is 0 Å². The van der Waals surface area contributed by atoms with Crippen molar-refractivity contribution in [1.82, 2.24) is 0 Å². The Kier molecular flexibility index (Phi) is 4.68. The predicted octanol–water partition coefficient (Wildman–Crippen LogP) is 3.49. The van der Waals surface area contributed by atoms with Crippen molar-refractivity contribution < 1.29 is 23.4 Å². The molecule has 0 unspecified atom stereocenters. The fraction of sp³-hybridized carbons (Fsp3) is 0.312. The molecule has 5 nitrogen and oxygen atoms in total. The van der Waals surface area contributed by atoms with E-state index in [1.807, 2.05) is 18.2 Å². The van der Waals surface area contributed by atoms with Gasteiger partial charge < -0.3 is 18.6 Å². The highest BCUT2D eigenvalue weighted by Gasteiger charge is 2.16. The second-order valence-electron chi connectivity index (χ2n) is 4.83. The molecule has 22 heavy (non-hydrogen) atoms. The molecule has 0 bridgehead atoms. The fourth-order valence-electron chi connectivity index (χ4n) is 2.13. The van der Waals surface area contributed by atoms with Crippen molar-refractivity contribution >= 4 is 21.9 Å². The van der Waals surface area contributed by atoms with E-state index in [1.165, 1.54) is 0 Å². The Balaban J connectivity index is 1.55. The second-order valence-corrected chi connectivity index (χ2v) is 5.68. The standard InChI is InChI=1S/C16H15BrO5/c17-13-9-15-14(20-6-7-21-15)8-11(13)10-22-16(18)4-3-12-2-1-5-19-12/h1-2,5,8-9H,3-4,6-7,10H2. The van der Waals surface area contributed by atoms with Crippen molar-refractivity contribution in [3.8, 4) is 11.5 Å². The van der Waals surface area contributed by atoms with E-state index >= 15 is 0 Å². The SMILES string of the molecule is O=C(CCc1ccco1)OCc1cc2c(cc1Br)OCCO2. The second kappa shape index (κ2) is 6.87. The summed E-state index contributed by atoms with van der Waals surface area (Å²) in [5.74, 6) is 1.89. The van der Waals surface area contributed by atoms with Gasteiger partial charge in [0, 0.05) is 16.5 Å². The summed E-state index contributed by atoms with van der Waals surface area (Å²) in [5.41, 5.74) is 0.843. The quantitative estimate of drug-likeness (QED) is 0.758. The smallest absolute Gasteiger partial charge is 0.306 e. The zero-order valence-corrected chi connectivity index (χ0v) is 13.4. The van der Waals surface area contributed by atoms with E-state index in [-0.39, 0.29) is 19.0 Å². The van der Waals surface area contributed by atoms with Crippen molar-refractivity contribution in [2.24, 2.45) is 0 Å². The van der Waals surface area contributed by atoms with Crippen molar-refractivity contribution in [2.45, 2.75) is 19.4 Å². The highest BCUT2D eigenvalue weighted by atomic mass is 79.9. The molecule has 0 radical (unpaired) electrons. The fourth-order valence-corrected chi connectivity index (χ4v) is 2.56. The van der Waals surface area contributed by atoms with E-state index in [4.69, 9.17) is 18.6 Å². The van der Waals surface area contributed by atoms with E-state index in [2.05, 4.69) is 15.9 Å². The molecular formula is C16H15BrO5. The lowest BCUT2D eigenvalue weighted by Crippen LogP contribution is -2.15. The molecule has 2 aromatic rings. The Morgan fingerprint density at radius 1 is 1.23 bits per heavy atom. The minimum atomic E-state index is -0.266. The average molecular weight is 367 g/mol. The monoisotopic (exact) mass is 366 g/mol. The van der Waals surface area contributed by atoms with Gasteiger partial charge in [-0.25, -0.2) is 0 Å². The number of rotatable bonds is 5. The van der Waals surface area contributed by atoms with Gasteiger partial charge in [0.25, 0.3) is 0 Å². The Bertz CT molecular complexity index is 651. The number of halogens is 1. The molecule has 116 valence electrons. The van der Waals surface area contributed by atoms with E-state index in [0.717, 1.165) is 15.8 Å². The normalized spacial score (nSPS) is 13.0. The number of benzene rings is 1. The molecule has 0 spiro atoms. The maximum Gasteiger partial charge on any atom is 0.306 e. The van der Waals surface area contributed by atoms with E-state index in [9.17, 15) is 4.79 Å². The summed E-state index contributed by atoms with van der Waals surface area (Å²) >= 11 is 3.45. The number of carbonyl (C=O) groups excluding carboxylic acids is 1. The van der Waals surface area contributed by atoms with Crippen molar-refractivity contribution in [2.75, 3.05) is 13.2 Å². The number of fused-ring (bicyclic) bond motifs is 1. The number of ether oxygens (including phenoxy) is 3. The number of aryl methyl sites for hydroxylation is 1. The molecule has 0 aliphatic carbocycles. The summed E-state index contributed by atoms with van der Waals surface area (Å²) in [6.45, 7) is 1.26. The molecule has 0 N–H and O–H groups in total. The molecule has 1 aromatic heterocycles. The Labute approximate surface area is 136 Å². The van der Waals surface area contributed by atoms with Gasteiger partial charge in [-0.05, 0) is 24.3 Å². The molecule has 1 aromatic carbocycles. The highest BCUT2D eigenvalue weighted by molar-refractivity contribution is 9.10. The van der Waals surface area contributed by atoms with Crippen LogP contribution < -0.4 is 9.47 Å². The van der Waals surface area contributed by atoms with Crippen LogP contribution in [-0.2, 0) is 22.6 Å². The van der Waals surface area contributed by atoms with Gasteiger partial charge in [-0.1, -0.05) is 15.9 Å². The van der Waals surface area contributed by atoms with Crippen LogP contribution in [0.5, 0.6) is 11.5 Å². The molecule has 0 amide bonds. The first-order valence-electron chi connectivity index (χ1n) is 6.98. The molecule has 1 aliphatic rings. The first kappa shape index (κ1) is 15.0. The van der Waals surface area contributed by atoms with Crippen LogP contribution >= 0.6 is 15.9 Å². The lowest BCUT2D eigenvalue weighted by molar-refractivity contribution is -0.145. The molecule has 3 rings (SSSR count). The van der Waals surface area contributed by atoms with E-state index in [1.54, 1.807) is 12.3 Å². The highest BCUT2D eigenvalue weighted by Crippen LogP contribution is 2.35. The molecule has 6 heteroatoms. The largest absolute Gasteiger partial charge is 0.486 e. The minimum absolute atomic E-state index is 0.189. The number of hydrogen-bond acceptors (Lipinski definition) is 5. The summed E-state index contributed by atoms with van der Waals surface area (Å²) in [7, 11) is 0. The van der Waals surface area contributed by atoms with Crippen LogP contribution in [-0.4, -0.2) is 19.2 Å². The van der Waals surface area contributed by atoms with Crippen LogP contribution in [0.15, 0.2) is 39.4 Å². The number of hydrogen-bond donors (Lipinski definition) is 0. The van der Waals surface area contributed by atoms with Crippen LogP contribution in [0, 0.1) is 0 Å². The van der Waals surface area contributed by atoms with Crippen LogP contribution in [0.4, 0.5) is 0 Å². The topological polar surface area (TPSA) is 57.9 Å². The minimum Gasteiger partial charge on any atom is -0.486 e. The van der Waals surface area contributed by atoms with Gasteiger partial charge in [-0.2, -0.15) is 0 Å². The van der Waals surface area contributed by atoms with Crippen molar-refractivity contribution in [3.05, 3.63) is 46.3 Å². The summed E-state index contributed by atoms with van der Waals surface area (Å²) in [6, 6.07) is 7.30. The van der Waals surface area contributed by atoms with Gasteiger partial charge in [0.15, 0.2) is 11.5 Å². The Hall–Kier alpha value is -1.95. The number of esters is 1. The van der Waals surface area contributed by atoms with E-state index in [0.29, 0.717) is 31.1 Å². The first-order chi connectivity index (χ1) is 10.7. The van der Waals surface area contributed by atoms with Crippen molar-refractivity contribution in [3.63, 3.8) is 0 Å². The lowest BCUT2D eigenvalue weighted by Gasteiger charge is -2.19. The van der Waals surface area contributed by atoms with Gasteiger partial charge in [-0.3, -0.25) is 4.79 Å². The molecule has 0 saturated heterocycles. The molecule has 2 heterocycles. The van der Waals surface area contributed by atoms with Gasteiger partial charge >= 0.3 is 5.97 Å². The summed E-state index contributed by atoms with van der Waals surface area (Å²) in [6.07, 6.45) is 2.41. The average Bonchev–Trinajstić information content (AvgIpc) is 3.04. The third kappa shape index (κ3) is 3.62. The number of furan rings is 1. The molecule has 0 saturated carbocycles. The van der Waals surface area contributed by atoms with E-state index < -0.39 is 0 Å². The Morgan fingerprint density at radius 3 is 2.73 bits per heavy atom. The third-order valence-electron chi connectivity index (χ3n) is 3.26. The van der Waals surface area contributed by atoms with Crippen LogP contribution in [0.1, 0.15) is 17.7 Å². The van der Waals surface area contributed by atoms with Gasteiger partial charge in [0.05, 0.1) is 12.7 Å². The Morgan fingerprint density at radius 2 is 2.00 bits per heavy atom. The summed E-state index contributed by atoms with van der Waals surface area (Å²) < 4.78 is 22.3. The third-order valence-corrected chi connectivity index (χ3v) is 3.99. The summed E-state index contributed by atoms with van der Waals surface area (Å²) in [4.78, 5) is 11.8. The zero-order chi connectivity index (χ0) is 15.4. The van der Waals surface area contributed by atoms with Crippen LogP contribution in [0.3, 0.4) is 0 Å². The van der Waals surface area contributed by atoms with Gasteiger partial charge in [0.2, 0.25) is 0 Å². The first-order valence-corrected chi connectivity index (χ1v) is 7.78. The molecular weight excluding hydrogens is 352 g/mol. The lowest BCUT2D eigenvalue weighted by atomic mass is 10.2. The van der Waals surface area contributed by atoms with Crippen LogP contribution in [0.2, 0.25) is 0 Å². The molecule has 1 aliphatic heterocycles. The number of carbonyl (C=O) groups is 1.